The van der Waals surface area contributed by atoms with Crippen LogP contribution in [0.3, 0.4) is 0 Å². The predicted octanol–water partition coefficient (Wildman–Crippen LogP) is 2.71. The first-order chi connectivity index (χ1) is 12.8. The number of aliphatic hydroxyl groups is 3. The Kier molecular flexibility index (Phi) is 4.18. The molecule has 0 spiro atoms. The predicted molar refractivity (Wildman–Crippen MR) is 104 cm³/mol. The molecular weight excluding hydrogens is 344 g/mol. The largest absolute Gasteiger partial charge is 0.496 e. The lowest BCUT2D eigenvalue weighted by atomic mass is 9.76. The summed E-state index contributed by atoms with van der Waals surface area (Å²) in [6.07, 6.45) is 2.76. The lowest BCUT2D eigenvalue weighted by Crippen LogP contribution is -2.43. The minimum absolute atomic E-state index is 0.221. The topological polar surface area (TPSA) is 98.6 Å². The summed E-state index contributed by atoms with van der Waals surface area (Å²) in [6.45, 7) is 3.14. The molecule has 4 rings (SSSR count). The van der Waals surface area contributed by atoms with E-state index < -0.39 is 17.1 Å². The highest BCUT2D eigenvalue weighted by Crippen LogP contribution is 2.52. The summed E-state index contributed by atoms with van der Waals surface area (Å²) in [5.74, 6) is 0.0603. The molecule has 27 heavy (non-hydrogen) atoms. The number of aliphatic hydroxyl groups excluding tert-OH is 1. The standard InChI is InChI=1S/C21H26N2O4/c1-20(2,25)13-7-9-21(26,11-24)17(13)19-18-12(8-10-22-19)16-14(23-18)5-4-6-15(16)27-3/h4-6,8,10,13,17,23-26H,7,9,11H2,1-3H3. The molecule has 6 nitrogen and oxygen atoms in total. The first kappa shape index (κ1) is 18.2. The molecule has 1 aliphatic carbocycles. The van der Waals surface area contributed by atoms with E-state index in [2.05, 4.69) is 9.97 Å². The Morgan fingerprint density at radius 3 is 2.78 bits per heavy atom. The second-order valence-electron chi connectivity index (χ2n) is 8.16. The number of fused-ring (bicyclic) bond motifs is 3. The van der Waals surface area contributed by atoms with Crippen molar-refractivity contribution in [2.45, 2.75) is 43.8 Å². The number of nitrogens with one attached hydrogen (secondary N) is 1. The van der Waals surface area contributed by atoms with Gasteiger partial charge in [-0.2, -0.15) is 0 Å². The summed E-state index contributed by atoms with van der Waals surface area (Å²) >= 11 is 0. The second-order valence-corrected chi connectivity index (χ2v) is 8.16. The molecule has 0 bridgehead atoms. The molecule has 6 heteroatoms. The number of aromatic amines is 1. The van der Waals surface area contributed by atoms with Crippen LogP contribution in [0.25, 0.3) is 21.8 Å². The smallest absolute Gasteiger partial charge is 0.128 e. The van der Waals surface area contributed by atoms with Gasteiger partial charge >= 0.3 is 0 Å². The molecule has 3 unspecified atom stereocenters. The fourth-order valence-electron chi connectivity index (χ4n) is 4.76. The van der Waals surface area contributed by atoms with Gasteiger partial charge in [-0.15, -0.1) is 0 Å². The van der Waals surface area contributed by atoms with E-state index in [0.29, 0.717) is 18.5 Å². The van der Waals surface area contributed by atoms with Gasteiger partial charge in [-0.25, -0.2) is 0 Å². The summed E-state index contributed by atoms with van der Waals surface area (Å²) < 4.78 is 5.53. The summed E-state index contributed by atoms with van der Waals surface area (Å²) in [5.41, 5.74) is 0.0893. The molecule has 0 saturated heterocycles. The van der Waals surface area contributed by atoms with Gasteiger partial charge in [0, 0.05) is 22.9 Å². The molecular formula is C21H26N2O4. The van der Waals surface area contributed by atoms with Gasteiger partial charge in [-0.05, 0) is 50.8 Å². The summed E-state index contributed by atoms with van der Waals surface area (Å²) in [5, 5.41) is 33.7. The third kappa shape index (κ3) is 2.71. The van der Waals surface area contributed by atoms with Crippen LogP contribution in [0, 0.1) is 5.92 Å². The van der Waals surface area contributed by atoms with Crippen LogP contribution in [-0.2, 0) is 0 Å². The summed E-state index contributed by atoms with van der Waals surface area (Å²) in [6, 6.07) is 7.73. The van der Waals surface area contributed by atoms with E-state index in [9.17, 15) is 15.3 Å². The zero-order valence-corrected chi connectivity index (χ0v) is 15.9. The second kappa shape index (κ2) is 6.19. The van der Waals surface area contributed by atoms with Gasteiger partial charge < -0.3 is 25.0 Å². The van der Waals surface area contributed by atoms with E-state index >= 15 is 0 Å². The van der Waals surface area contributed by atoms with Crippen LogP contribution in [0.1, 0.15) is 38.3 Å². The number of hydrogen-bond acceptors (Lipinski definition) is 5. The summed E-state index contributed by atoms with van der Waals surface area (Å²) in [7, 11) is 1.64. The minimum atomic E-state index is -1.31. The minimum Gasteiger partial charge on any atom is -0.496 e. The fraction of sp³-hybridized carbons (Fsp3) is 0.476. The van der Waals surface area contributed by atoms with Crippen LogP contribution in [0.4, 0.5) is 0 Å². The number of hydrogen-bond donors (Lipinski definition) is 4. The van der Waals surface area contributed by atoms with Crippen LogP contribution in [0.15, 0.2) is 30.5 Å². The number of ether oxygens (including phenoxy) is 1. The van der Waals surface area contributed by atoms with Gasteiger partial charge in [0.25, 0.3) is 0 Å². The first-order valence-electron chi connectivity index (χ1n) is 9.29. The lowest BCUT2D eigenvalue weighted by molar-refractivity contribution is -0.0522. The average molecular weight is 370 g/mol. The van der Waals surface area contributed by atoms with Crippen LogP contribution in [-0.4, -0.2) is 50.2 Å². The quantitative estimate of drug-likeness (QED) is 0.566. The van der Waals surface area contributed by atoms with Crippen LogP contribution in [0.2, 0.25) is 0 Å². The zero-order valence-electron chi connectivity index (χ0n) is 15.9. The Hall–Kier alpha value is -2.15. The van der Waals surface area contributed by atoms with E-state index in [1.807, 2.05) is 24.3 Å². The normalized spacial score (nSPS) is 26.1. The number of rotatable bonds is 4. The van der Waals surface area contributed by atoms with E-state index in [-0.39, 0.29) is 12.5 Å². The fourth-order valence-corrected chi connectivity index (χ4v) is 4.76. The maximum absolute atomic E-state index is 11.1. The van der Waals surface area contributed by atoms with Crippen molar-refractivity contribution >= 4 is 21.8 Å². The van der Waals surface area contributed by atoms with Crippen molar-refractivity contribution in [3.63, 3.8) is 0 Å². The van der Waals surface area contributed by atoms with Crippen molar-refractivity contribution in [3.05, 3.63) is 36.2 Å². The Morgan fingerprint density at radius 1 is 1.33 bits per heavy atom. The van der Waals surface area contributed by atoms with Gasteiger partial charge in [0.05, 0.1) is 41.6 Å². The molecule has 0 radical (unpaired) electrons. The maximum atomic E-state index is 11.1. The number of H-pyrrole nitrogens is 1. The van der Waals surface area contributed by atoms with Gasteiger partial charge in [0.2, 0.25) is 0 Å². The van der Waals surface area contributed by atoms with Gasteiger partial charge in [-0.3, -0.25) is 4.98 Å². The lowest BCUT2D eigenvalue weighted by Gasteiger charge is -2.36. The Balaban J connectivity index is 2.00. The number of pyridine rings is 1. The molecule has 144 valence electrons. The van der Waals surface area contributed by atoms with Crippen molar-refractivity contribution in [1.29, 1.82) is 0 Å². The highest BCUT2D eigenvalue weighted by atomic mass is 16.5. The van der Waals surface area contributed by atoms with Crippen LogP contribution < -0.4 is 4.74 Å². The number of nitrogens with zero attached hydrogens (tertiary/aromatic N) is 1. The van der Waals surface area contributed by atoms with Crippen molar-refractivity contribution in [3.8, 4) is 5.75 Å². The molecule has 4 N–H and O–H groups in total. The highest BCUT2D eigenvalue weighted by Gasteiger charge is 2.53. The first-order valence-corrected chi connectivity index (χ1v) is 9.29. The van der Waals surface area contributed by atoms with E-state index in [1.165, 1.54) is 0 Å². The maximum Gasteiger partial charge on any atom is 0.128 e. The Labute approximate surface area is 157 Å². The molecule has 1 aliphatic rings. The third-order valence-corrected chi connectivity index (χ3v) is 6.10. The van der Waals surface area contributed by atoms with Crippen LogP contribution in [0.5, 0.6) is 5.75 Å². The van der Waals surface area contributed by atoms with Crippen LogP contribution >= 0.6 is 0 Å². The van der Waals surface area contributed by atoms with Gasteiger partial charge in [-0.1, -0.05) is 6.07 Å². The molecule has 1 fully saturated rings. The van der Waals surface area contributed by atoms with Crippen molar-refractivity contribution in [1.82, 2.24) is 9.97 Å². The molecule has 1 aromatic carbocycles. The van der Waals surface area contributed by atoms with Crippen molar-refractivity contribution in [2.24, 2.45) is 5.92 Å². The average Bonchev–Trinajstić information content (AvgIpc) is 3.19. The Bertz CT molecular complexity index is 991. The van der Waals surface area contributed by atoms with Crippen molar-refractivity contribution in [2.75, 3.05) is 13.7 Å². The molecule has 3 atom stereocenters. The summed E-state index contributed by atoms with van der Waals surface area (Å²) in [4.78, 5) is 8.01. The monoisotopic (exact) mass is 370 g/mol. The molecule has 1 saturated carbocycles. The van der Waals surface area contributed by atoms with E-state index in [4.69, 9.17) is 4.74 Å². The van der Waals surface area contributed by atoms with E-state index in [1.54, 1.807) is 27.2 Å². The number of benzene rings is 1. The zero-order chi connectivity index (χ0) is 19.4. The van der Waals surface area contributed by atoms with Crippen molar-refractivity contribution < 1.29 is 20.1 Å². The van der Waals surface area contributed by atoms with Gasteiger partial charge in [0.1, 0.15) is 5.75 Å². The van der Waals surface area contributed by atoms with E-state index in [0.717, 1.165) is 27.6 Å². The number of methoxy groups -OCH3 is 1. The molecule has 2 aromatic heterocycles. The molecule has 0 aliphatic heterocycles. The number of aromatic nitrogens is 2. The molecule has 0 amide bonds. The SMILES string of the molecule is COc1cccc2[nH]c3c(C4C(C(C)(C)O)CCC4(O)CO)nccc3c12. The molecule has 2 heterocycles. The third-order valence-electron chi connectivity index (χ3n) is 6.10. The highest BCUT2D eigenvalue weighted by molar-refractivity contribution is 6.11. The van der Waals surface area contributed by atoms with Gasteiger partial charge in [0.15, 0.2) is 0 Å². The molecule has 3 aromatic rings. The Morgan fingerprint density at radius 2 is 2.11 bits per heavy atom.